The van der Waals surface area contributed by atoms with Gasteiger partial charge in [-0.2, -0.15) is 0 Å². The van der Waals surface area contributed by atoms with Gasteiger partial charge >= 0.3 is 0 Å². The third kappa shape index (κ3) is 1.95. The van der Waals surface area contributed by atoms with E-state index in [9.17, 15) is 0 Å². The van der Waals surface area contributed by atoms with Crippen LogP contribution in [-0.2, 0) is 12.8 Å². The molecule has 2 heteroatoms. The smallest absolute Gasteiger partial charge is 0.122 e. The molecule has 0 amide bonds. The highest BCUT2D eigenvalue weighted by molar-refractivity contribution is 5.47. The van der Waals surface area contributed by atoms with E-state index in [0.717, 1.165) is 5.75 Å². The molecule has 92 valence electrons. The van der Waals surface area contributed by atoms with Crippen LogP contribution in [0.25, 0.3) is 0 Å². The van der Waals surface area contributed by atoms with E-state index in [4.69, 9.17) is 4.74 Å². The van der Waals surface area contributed by atoms with Gasteiger partial charge in [0.1, 0.15) is 5.75 Å². The average Bonchev–Trinajstić information content (AvgIpc) is 2.91. The van der Waals surface area contributed by atoms with Crippen molar-refractivity contribution in [2.75, 3.05) is 13.7 Å². The summed E-state index contributed by atoms with van der Waals surface area (Å²) in [5.41, 5.74) is 4.60. The molecule has 1 aliphatic carbocycles. The van der Waals surface area contributed by atoms with E-state index in [1.165, 1.54) is 56.2 Å². The van der Waals surface area contributed by atoms with Crippen LogP contribution in [0.5, 0.6) is 5.75 Å². The lowest BCUT2D eigenvalue weighted by molar-refractivity contribution is 0.405. The van der Waals surface area contributed by atoms with Gasteiger partial charge in [0.05, 0.1) is 7.11 Å². The first-order valence-corrected chi connectivity index (χ1v) is 6.82. The molecule has 0 aromatic heterocycles. The van der Waals surface area contributed by atoms with E-state index < -0.39 is 0 Å². The number of hydrogen-bond acceptors (Lipinski definition) is 2. The van der Waals surface area contributed by atoms with Crippen molar-refractivity contribution in [3.8, 4) is 5.75 Å². The minimum atomic E-state index is 0.591. The van der Waals surface area contributed by atoms with Gasteiger partial charge in [-0.3, -0.25) is 0 Å². The van der Waals surface area contributed by atoms with Crippen molar-refractivity contribution in [1.82, 2.24) is 5.32 Å². The van der Waals surface area contributed by atoms with Crippen molar-refractivity contribution < 1.29 is 4.74 Å². The average molecular weight is 231 g/mol. The van der Waals surface area contributed by atoms with Crippen LogP contribution in [0.4, 0.5) is 0 Å². The van der Waals surface area contributed by atoms with Crippen molar-refractivity contribution >= 4 is 0 Å². The van der Waals surface area contributed by atoms with Gasteiger partial charge in [-0.05, 0) is 67.8 Å². The summed E-state index contributed by atoms with van der Waals surface area (Å²) in [5.74, 6) is 1.10. The van der Waals surface area contributed by atoms with E-state index in [2.05, 4.69) is 17.4 Å². The van der Waals surface area contributed by atoms with E-state index in [0.29, 0.717) is 6.04 Å². The second-order valence-corrected chi connectivity index (χ2v) is 5.17. The third-order valence-electron chi connectivity index (χ3n) is 4.18. The predicted molar refractivity (Wildman–Crippen MR) is 69.6 cm³/mol. The summed E-state index contributed by atoms with van der Waals surface area (Å²) >= 11 is 0. The number of fused-ring (bicyclic) bond motifs is 1. The minimum Gasteiger partial charge on any atom is -0.496 e. The molecule has 1 fully saturated rings. The van der Waals surface area contributed by atoms with Crippen LogP contribution in [-0.4, -0.2) is 13.7 Å². The zero-order valence-corrected chi connectivity index (χ0v) is 10.6. The highest BCUT2D eigenvalue weighted by atomic mass is 16.5. The van der Waals surface area contributed by atoms with E-state index in [1.807, 2.05) is 0 Å². The SMILES string of the molecule is COc1ccc([C@@H]2CCCN2)c2c1CCCC2. The number of methoxy groups -OCH3 is 1. The summed E-state index contributed by atoms with van der Waals surface area (Å²) in [5, 5.41) is 3.62. The first-order valence-electron chi connectivity index (χ1n) is 6.82. The number of nitrogens with one attached hydrogen (secondary N) is 1. The fourth-order valence-corrected chi connectivity index (χ4v) is 3.33. The minimum absolute atomic E-state index is 0.591. The molecule has 1 aliphatic heterocycles. The Bertz CT molecular complexity index is 408. The predicted octanol–water partition coefficient (Wildman–Crippen LogP) is 3.00. The normalized spacial score (nSPS) is 23.5. The molecule has 0 radical (unpaired) electrons. The third-order valence-corrected chi connectivity index (χ3v) is 4.18. The summed E-state index contributed by atoms with van der Waals surface area (Å²) < 4.78 is 5.51. The largest absolute Gasteiger partial charge is 0.496 e. The fraction of sp³-hybridized carbons (Fsp3) is 0.600. The molecule has 0 spiro atoms. The van der Waals surface area contributed by atoms with Gasteiger partial charge in [0.15, 0.2) is 0 Å². The molecule has 2 aliphatic rings. The van der Waals surface area contributed by atoms with Gasteiger partial charge in [-0.1, -0.05) is 6.07 Å². The summed E-state index contributed by atoms with van der Waals surface area (Å²) in [6.45, 7) is 1.17. The van der Waals surface area contributed by atoms with Gasteiger partial charge in [0, 0.05) is 6.04 Å². The molecule has 1 saturated heterocycles. The Hall–Kier alpha value is -1.02. The molecule has 3 rings (SSSR count). The summed E-state index contributed by atoms with van der Waals surface area (Å²) in [4.78, 5) is 0. The fourth-order valence-electron chi connectivity index (χ4n) is 3.33. The number of rotatable bonds is 2. The van der Waals surface area contributed by atoms with Crippen LogP contribution >= 0.6 is 0 Å². The molecule has 1 heterocycles. The quantitative estimate of drug-likeness (QED) is 0.845. The van der Waals surface area contributed by atoms with Gasteiger partial charge < -0.3 is 10.1 Å². The molecule has 2 nitrogen and oxygen atoms in total. The molecule has 17 heavy (non-hydrogen) atoms. The zero-order valence-electron chi connectivity index (χ0n) is 10.6. The summed E-state index contributed by atoms with van der Waals surface area (Å²) in [6, 6.07) is 5.04. The van der Waals surface area contributed by atoms with E-state index in [1.54, 1.807) is 12.7 Å². The van der Waals surface area contributed by atoms with Crippen molar-refractivity contribution in [3.63, 3.8) is 0 Å². The molecule has 0 saturated carbocycles. The maximum atomic E-state index is 5.51. The van der Waals surface area contributed by atoms with Crippen LogP contribution in [0.15, 0.2) is 12.1 Å². The molecule has 1 N–H and O–H groups in total. The Kier molecular flexibility index (Phi) is 3.06. The molecule has 0 bridgehead atoms. The maximum Gasteiger partial charge on any atom is 0.122 e. The first kappa shape index (κ1) is 11.1. The van der Waals surface area contributed by atoms with Crippen LogP contribution in [0.2, 0.25) is 0 Å². The van der Waals surface area contributed by atoms with Crippen molar-refractivity contribution in [3.05, 3.63) is 28.8 Å². The van der Waals surface area contributed by atoms with Crippen LogP contribution in [0.1, 0.15) is 48.4 Å². The Labute approximate surface area is 103 Å². The van der Waals surface area contributed by atoms with Crippen molar-refractivity contribution in [1.29, 1.82) is 0 Å². The van der Waals surface area contributed by atoms with E-state index >= 15 is 0 Å². The van der Waals surface area contributed by atoms with Crippen LogP contribution in [0.3, 0.4) is 0 Å². The van der Waals surface area contributed by atoms with Gasteiger partial charge in [0.25, 0.3) is 0 Å². The molecule has 1 aromatic rings. The lowest BCUT2D eigenvalue weighted by atomic mass is 9.85. The highest BCUT2D eigenvalue weighted by Gasteiger charge is 2.24. The number of hydrogen-bond donors (Lipinski definition) is 1. The lowest BCUT2D eigenvalue weighted by Crippen LogP contribution is -2.17. The molecular weight excluding hydrogens is 210 g/mol. The van der Waals surface area contributed by atoms with Crippen molar-refractivity contribution in [2.45, 2.75) is 44.6 Å². The van der Waals surface area contributed by atoms with Crippen LogP contribution in [0, 0.1) is 0 Å². The summed E-state index contributed by atoms with van der Waals surface area (Å²) in [6.07, 6.45) is 7.67. The molecular formula is C15H21NO. The van der Waals surface area contributed by atoms with Gasteiger partial charge in [-0.15, -0.1) is 0 Å². The number of benzene rings is 1. The molecule has 0 unspecified atom stereocenters. The standard InChI is InChI=1S/C15H21NO/c1-17-15-9-8-12(14-7-4-10-16-14)11-5-2-3-6-13(11)15/h8-9,14,16H,2-7,10H2,1H3/t14-/m0/s1. The number of ether oxygens (including phenoxy) is 1. The van der Waals surface area contributed by atoms with Crippen LogP contribution < -0.4 is 10.1 Å². The monoisotopic (exact) mass is 231 g/mol. The second-order valence-electron chi connectivity index (χ2n) is 5.17. The van der Waals surface area contributed by atoms with Crippen molar-refractivity contribution in [2.24, 2.45) is 0 Å². The zero-order chi connectivity index (χ0) is 11.7. The second kappa shape index (κ2) is 4.69. The topological polar surface area (TPSA) is 21.3 Å². The highest BCUT2D eigenvalue weighted by Crippen LogP contribution is 2.36. The lowest BCUT2D eigenvalue weighted by Gasteiger charge is -2.24. The van der Waals surface area contributed by atoms with E-state index in [-0.39, 0.29) is 0 Å². The summed E-state index contributed by atoms with van der Waals surface area (Å²) in [7, 11) is 1.79. The molecule has 1 aromatic carbocycles. The Morgan fingerprint density at radius 1 is 1.12 bits per heavy atom. The van der Waals surface area contributed by atoms with Gasteiger partial charge in [0.2, 0.25) is 0 Å². The maximum absolute atomic E-state index is 5.51. The van der Waals surface area contributed by atoms with Gasteiger partial charge in [-0.25, -0.2) is 0 Å². The Balaban J connectivity index is 2.03. The molecule has 1 atom stereocenters. The first-order chi connectivity index (χ1) is 8.40. The Morgan fingerprint density at radius 3 is 2.65 bits per heavy atom. The Morgan fingerprint density at radius 2 is 1.94 bits per heavy atom.